The number of amidine groups is 1. The van der Waals surface area contributed by atoms with Crippen molar-refractivity contribution in [2.75, 3.05) is 20.2 Å². The molecule has 1 aliphatic rings. The Bertz CT molecular complexity index is 915. The summed E-state index contributed by atoms with van der Waals surface area (Å²) in [5.41, 5.74) is 0.990. The van der Waals surface area contributed by atoms with Gasteiger partial charge in [0.2, 0.25) is 0 Å². The van der Waals surface area contributed by atoms with Crippen LogP contribution < -0.4 is 4.74 Å². The summed E-state index contributed by atoms with van der Waals surface area (Å²) in [6, 6.07) is 12.5. The third-order valence-corrected chi connectivity index (χ3v) is 6.51. The summed E-state index contributed by atoms with van der Waals surface area (Å²) in [6.45, 7) is 0.707. The second kappa shape index (κ2) is 7.23. The molecule has 0 saturated carbocycles. The van der Waals surface area contributed by atoms with Crippen molar-refractivity contribution in [2.45, 2.75) is 11.3 Å². The third kappa shape index (κ3) is 3.47. The highest BCUT2D eigenvalue weighted by Crippen LogP contribution is 2.38. The van der Waals surface area contributed by atoms with Gasteiger partial charge < -0.3 is 4.74 Å². The molecule has 0 N–H and O–H groups in total. The normalized spacial score (nSPS) is 14.5. The number of hydrogen-bond acceptors (Lipinski definition) is 4. The molecule has 0 bridgehead atoms. The maximum Gasteiger partial charge on any atom is 0.269 e. The van der Waals surface area contributed by atoms with Gasteiger partial charge in [-0.2, -0.15) is 0 Å². The molecule has 0 saturated heterocycles. The smallest absolute Gasteiger partial charge is 0.269 e. The van der Waals surface area contributed by atoms with E-state index in [-0.39, 0.29) is 27.2 Å². The van der Waals surface area contributed by atoms with E-state index in [9.17, 15) is 8.42 Å². The van der Waals surface area contributed by atoms with Gasteiger partial charge in [0.1, 0.15) is 15.8 Å². The van der Waals surface area contributed by atoms with E-state index < -0.39 is 10.0 Å². The van der Waals surface area contributed by atoms with E-state index in [2.05, 4.69) is 4.99 Å². The topological polar surface area (TPSA) is 59.0 Å². The van der Waals surface area contributed by atoms with Crippen LogP contribution in [0.3, 0.4) is 0 Å². The van der Waals surface area contributed by atoms with Gasteiger partial charge in [0.05, 0.1) is 25.2 Å². The van der Waals surface area contributed by atoms with Crippen molar-refractivity contribution in [3.63, 3.8) is 0 Å². The molecule has 1 aliphatic heterocycles. The minimum Gasteiger partial charge on any atom is -0.494 e. The number of benzene rings is 2. The molecule has 25 heavy (non-hydrogen) atoms. The van der Waals surface area contributed by atoms with Crippen LogP contribution in [0.4, 0.5) is 0 Å². The molecule has 2 aromatic carbocycles. The third-order valence-electron chi connectivity index (χ3n) is 3.88. The van der Waals surface area contributed by atoms with E-state index in [4.69, 9.17) is 27.9 Å². The number of sulfonamides is 1. The molecule has 0 radical (unpaired) electrons. The highest BCUT2D eigenvalue weighted by Gasteiger charge is 2.33. The molecule has 8 heteroatoms. The molecule has 0 unspecified atom stereocenters. The molecule has 5 nitrogen and oxygen atoms in total. The summed E-state index contributed by atoms with van der Waals surface area (Å²) in [4.78, 5) is 4.34. The molecule has 0 spiro atoms. The van der Waals surface area contributed by atoms with E-state index in [1.54, 1.807) is 0 Å². The molecule has 132 valence electrons. The van der Waals surface area contributed by atoms with Crippen LogP contribution >= 0.6 is 23.2 Å². The number of rotatable bonds is 5. The molecule has 0 aromatic heterocycles. The summed E-state index contributed by atoms with van der Waals surface area (Å²) >= 11 is 12.1. The minimum atomic E-state index is -3.86. The van der Waals surface area contributed by atoms with Gasteiger partial charge in [0.25, 0.3) is 10.0 Å². The SMILES string of the molecule is COc1c(S(=O)(=O)N2CCN=C2Cc2ccccc2)ccc(Cl)c1Cl. The van der Waals surface area contributed by atoms with Gasteiger partial charge in [-0.05, 0) is 17.7 Å². The zero-order chi connectivity index (χ0) is 18.0. The fraction of sp³-hybridized carbons (Fsp3) is 0.235. The first-order chi connectivity index (χ1) is 11.9. The maximum absolute atomic E-state index is 13.1. The average molecular weight is 399 g/mol. The largest absolute Gasteiger partial charge is 0.494 e. The Morgan fingerprint density at radius 1 is 1.16 bits per heavy atom. The zero-order valence-electron chi connectivity index (χ0n) is 13.4. The van der Waals surface area contributed by atoms with Crippen LogP contribution in [-0.2, 0) is 16.4 Å². The van der Waals surface area contributed by atoms with E-state index in [1.165, 1.54) is 23.5 Å². The Labute approximate surface area is 156 Å². The van der Waals surface area contributed by atoms with Crippen molar-refractivity contribution < 1.29 is 13.2 Å². The first-order valence-corrected chi connectivity index (χ1v) is 9.76. The van der Waals surface area contributed by atoms with Gasteiger partial charge >= 0.3 is 0 Å². The molecule has 0 amide bonds. The number of nitrogens with zero attached hydrogens (tertiary/aromatic N) is 2. The fourth-order valence-corrected chi connectivity index (χ4v) is 4.75. The van der Waals surface area contributed by atoms with Crippen LogP contribution in [0, 0.1) is 0 Å². The van der Waals surface area contributed by atoms with E-state index >= 15 is 0 Å². The van der Waals surface area contributed by atoms with Crippen LogP contribution in [0.15, 0.2) is 52.4 Å². The van der Waals surface area contributed by atoms with E-state index in [0.29, 0.717) is 18.8 Å². The van der Waals surface area contributed by atoms with Crippen molar-refractivity contribution in [1.29, 1.82) is 0 Å². The van der Waals surface area contributed by atoms with Crippen LogP contribution in [0.2, 0.25) is 10.0 Å². The highest BCUT2D eigenvalue weighted by atomic mass is 35.5. The van der Waals surface area contributed by atoms with Gasteiger partial charge in [0, 0.05) is 6.42 Å². The average Bonchev–Trinajstić information content (AvgIpc) is 3.07. The Kier molecular flexibility index (Phi) is 5.22. The lowest BCUT2D eigenvalue weighted by atomic mass is 10.1. The van der Waals surface area contributed by atoms with Gasteiger partial charge in [-0.25, -0.2) is 8.42 Å². The van der Waals surface area contributed by atoms with Crippen molar-refractivity contribution in [2.24, 2.45) is 4.99 Å². The van der Waals surface area contributed by atoms with Crippen molar-refractivity contribution >= 4 is 39.1 Å². The maximum atomic E-state index is 13.1. The Balaban J connectivity index is 1.98. The summed E-state index contributed by atoms with van der Waals surface area (Å²) in [5, 5.41) is 0.308. The molecule has 0 atom stereocenters. The molecular weight excluding hydrogens is 383 g/mol. The number of ether oxygens (including phenoxy) is 1. The molecular formula is C17H16Cl2N2O3S. The van der Waals surface area contributed by atoms with Crippen LogP contribution in [0.25, 0.3) is 0 Å². The summed E-state index contributed by atoms with van der Waals surface area (Å²) in [7, 11) is -2.49. The summed E-state index contributed by atoms with van der Waals surface area (Å²) < 4.78 is 32.8. The Morgan fingerprint density at radius 3 is 2.56 bits per heavy atom. The van der Waals surface area contributed by atoms with Crippen molar-refractivity contribution in [3.8, 4) is 5.75 Å². The number of hydrogen-bond donors (Lipinski definition) is 0. The lowest BCUT2D eigenvalue weighted by Gasteiger charge is -2.22. The van der Waals surface area contributed by atoms with Crippen LogP contribution in [0.5, 0.6) is 5.75 Å². The van der Waals surface area contributed by atoms with Gasteiger partial charge in [-0.1, -0.05) is 53.5 Å². The number of halogens is 2. The Hall–Kier alpha value is -1.76. The molecule has 3 rings (SSSR count). The lowest BCUT2D eigenvalue weighted by molar-refractivity contribution is 0.401. The van der Waals surface area contributed by atoms with Gasteiger partial charge in [0.15, 0.2) is 5.75 Å². The predicted octanol–water partition coefficient (Wildman–Crippen LogP) is 3.65. The first-order valence-electron chi connectivity index (χ1n) is 7.57. The number of methoxy groups -OCH3 is 1. The Morgan fingerprint density at radius 2 is 1.88 bits per heavy atom. The summed E-state index contributed by atoms with van der Waals surface area (Å²) in [5.74, 6) is 0.541. The minimum absolute atomic E-state index is 0.0212. The monoisotopic (exact) mass is 398 g/mol. The van der Waals surface area contributed by atoms with Gasteiger partial charge in [-0.15, -0.1) is 0 Å². The number of aliphatic imine (C=N–C) groups is 1. The molecule has 0 fully saturated rings. The quantitative estimate of drug-likeness (QED) is 0.771. The fourth-order valence-electron chi connectivity index (χ4n) is 2.69. The van der Waals surface area contributed by atoms with Crippen LogP contribution in [-0.4, -0.2) is 38.8 Å². The standard InChI is InChI=1S/C17H16Cl2N2O3S/c1-24-17-14(8-7-13(18)16(17)19)25(22,23)21-10-9-20-15(21)11-12-5-3-2-4-6-12/h2-8H,9-11H2,1H3. The van der Waals surface area contributed by atoms with Crippen molar-refractivity contribution in [1.82, 2.24) is 4.31 Å². The van der Waals surface area contributed by atoms with Gasteiger partial charge in [-0.3, -0.25) is 9.30 Å². The highest BCUT2D eigenvalue weighted by molar-refractivity contribution is 7.89. The predicted molar refractivity (Wildman–Crippen MR) is 99.4 cm³/mol. The first kappa shape index (κ1) is 18.0. The molecule has 2 aromatic rings. The van der Waals surface area contributed by atoms with Crippen LogP contribution in [0.1, 0.15) is 5.56 Å². The molecule has 0 aliphatic carbocycles. The summed E-state index contributed by atoms with van der Waals surface area (Å²) in [6.07, 6.45) is 0.434. The van der Waals surface area contributed by atoms with Crippen molar-refractivity contribution in [3.05, 3.63) is 58.1 Å². The van der Waals surface area contributed by atoms with E-state index in [0.717, 1.165) is 5.56 Å². The molecule has 1 heterocycles. The zero-order valence-corrected chi connectivity index (χ0v) is 15.8. The lowest BCUT2D eigenvalue weighted by Crippen LogP contribution is -2.35. The second-order valence-electron chi connectivity index (χ2n) is 5.43. The second-order valence-corrected chi connectivity index (χ2v) is 8.05. The van der Waals surface area contributed by atoms with E-state index in [1.807, 2.05) is 30.3 Å².